The molecule has 0 atom stereocenters. The Morgan fingerprint density at radius 1 is 0.960 bits per heavy atom. The molecule has 5 rings (SSSR count). The van der Waals surface area contributed by atoms with Gasteiger partial charge < -0.3 is 0 Å². The number of hydrogen-bond acceptors (Lipinski definition) is 5. The summed E-state index contributed by atoms with van der Waals surface area (Å²) in [4.78, 5) is 1.70. The molecule has 0 fully saturated rings. The summed E-state index contributed by atoms with van der Waals surface area (Å²) in [6, 6.07) is 18.8. The van der Waals surface area contributed by atoms with Gasteiger partial charge in [-0.15, -0.1) is 20.8 Å². The van der Waals surface area contributed by atoms with Gasteiger partial charge in [0.25, 0.3) is 10.0 Å². The Hall–Kier alpha value is -2.84. The van der Waals surface area contributed by atoms with Crippen molar-refractivity contribution < 1.29 is 8.42 Å². The average Bonchev–Trinajstić information content (AvgIpc) is 3.30. The van der Waals surface area contributed by atoms with Gasteiger partial charge in [-0.25, -0.2) is 0 Å². The third kappa shape index (κ3) is 2.15. The van der Waals surface area contributed by atoms with Gasteiger partial charge in [0, 0.05) is 4.88 Å². The molecule has 4 aromatic rings. The number of sulfonamides is 1. The molecule has 0 radical (unpaired) electrons. The van der Waals surface area contributed by atoms with Crippen molar-refractivity contribution in [2.75, 3.05) is 0 Å². The van der Waals surface area contributed by atoms with Gasteiger partial charge in [-0.1, -0.05) is 47.7 Å². The second-order valence-corrected chi connectivity index (χ2v) is 8.17. The van der Waals surface area contributed by atoms with E-state index in [1.807, 2.05) is 54.6 Å². The van der Waals surface area contributed by atoms with Gasteiger partial charge in [-0.3, -0.25) is 0 Å². The predicted molar refractivity (Wildman–Crippen MR) is 96.4 cm³/mol. The molecule has 0 spiro atoms. The summed E-state index contributed by atoms with van der Waals surface area (Å²) in [5, 5.41) is 8.19. The van der Waals surface area contributed by atoms with Gasteiger partial charge in [-0.05, 0) is 23.8 Å². The second kappa shape index (κ2) is 5.08. The highest BCUT2D eigenvalue weighted by Gasteiger charge is 2.34. The first-order chi connectivity index (χ1) is 12.1. The van der Waals surface area contributed by atoms with Crippen molar-refractivity contribution in [2.45, 2.75) is 4.90 Å². The van der Waals surface area contributed by atoms with E-state index in [2.05, 4.69) is 14.7 Å². The van der Waals surface area contributed by atoms with Crippen LogP contribution in [0.1, 0.15) is 4.88 Å². The van der Waals surface area contributed by atoms with E-state index in [1.54, 1.807) is 6.07 Å². The van der Waals surface area contributed by atoms with Crippen LogP contribution >= 0.6 is 11.3 Å². The van der Waals surface area contributed by atoms with Crippen LogP contribution in [0.2, 0.25) is 0 Å². The molecule has 0 aliphatic carbocycles. The van der Waals surface area contributed by atoms with Crippen molar-refractivity contribution in [3.63, 3.8) is 0 Å². The van der Waals surface area contributed by atoms with Gasteiger partial charge in [0.1, 0.15) is 10.4 Å². The zero-order chi connectivity index (χ0) is 17.0. The number of para-hydroxylation sites is 1. The minimum absolute atomic E-state index is 0.228. The van der Waals surface area contributed by atoms with Crippen LogP contribution in [0.4, 0.5) is 0 Å². The van der Waals surface area contributed by atoms with Crippen molar-refractivity contribution in [1.82, 2.24) is 15.0 Å². The summed E-state index contributed by atoms with van der Waals surface area (Å²) < 4.78 is 30.4. The van der Waals surface area contributed by atoms with E-state index in [1.165, 1.54) is 16.0 Å². The maximum absolute atomic E-state index is 12.5. The van der Waals surface area contributed by atoms with Crippen LogP contribution in [-0.4, -0.2) is 29.2 Å². The fourth-order valence-electron chi connectivity index (χ4n) is 2.83. The molecule has 1 aliphatic rings. The van der Waals surface area contributed by atoms with Crippen molar-refractivity contribution in [3.8, 4) is 10.4 Å². The third-order valence-electron chi connectivity index (χ3n) is 4.00. The number of hydrogen-bond donors (Lipinski definition) is 0. The maximum Gasteiger partial charge on any atom is 0.285 e. The number of benzene rings is 2. The Kier molecular flexibility index (Phi) is 2.94. The Morgan fingerprint density at radius 2 is 1.72 bits per heavy atom. The van der Waals surface area contributed by atoms with E-state index >= 15 is 0 Å². The molecular weight excluding hydrogens is 356 g/mol. The molecule has 0 unspecified atom stereocenters. The number of rotatable bonds is 1. The predicted octanol–water partition coefficient (Wildman–Crippen LogP) is 3.16. The van der Waals surface area contributed by atoms with Gasteiger partial charge in [0.05, 0.1) is 10.4 Å². The molecule has 0 N–H and O–H groups in total. The number of thiophene rings is 1. The lowest BCUT2D eigenvalue weighted by molar-refractivity contribution is 0.599. The Bertz CT molecular complexity index is 1250. The first kappa shape index (κ1) is 14.5. The van der Waals surface area contributed by atoms with Gasteiger partial charge in [0.2, 0.25) is 0 Å². The SMILES string of the molecule is O=S1(=O)N=C(n2nnc3ccccc32)c2sc(-c3ccccc3)cc21. The second-order valence-electron chi connectivity index (χ2n) is 5.55. The number of nitrogens with zero attached hydrogens (tertiary/aromatic N) is 4. The highest BCUT2D eigenvalue weighted by atomic mass is 32.2. The van der Waals surface area contributed by atoms with E-state index in [0.717, 1.165) is 16.0 Å². The van der Waals surface area contributed by atoms with Gasteiger partial charge in [-0.2, -0.15) is 13.1 Å². The van der Waals surface area contributed by atoms with Crippen LogP contribution in [0, 0.1) is 0 Å². The average molecular weight is 366 g/mol. The molecule has 6 nitrogen and oxygen atoms in total. The van der Waals surface area contributed by atoms with Crippen LogP contribution in [0.25, 0.3) is 21.5 Å². The van der Waals surface area contributed by atoms with Crippen LogP contribution in [0.5, 0.6) is 0 Å². The highest BCUT2D eigenvalue weighted by molar-refractivity contribution is 7.91. The van der Waals surface area contributed by atoms with Crippen molar-refractivity contribution in [1.29, 1.82) is 0 Å². The molecule has 3 heterocycles. The van der Waals surface area contributed by atoms with Crippen LogP contribution in [-0.2, 0) is 10.0 Å². The zero-order valence-electron chi connectivity index (χ0n) is 12.7. The molecule has 25 heavy (non-hydrogen) atoms. The smallest absolute Gasteiger partial charge is 0.199 e. The van der Waals surface area contributed by atoms with E-state index in [4.69, 9.17) is 0 Å². The van der Waals surface area contributed by atoms with Crippen molar-refractivity contribution in [2.24, 2.45) is 4.40 Å². The Balaban J connectivity index is 1.74. The fraction of sp³-hybridized carbons (Fsp3) is 0. The van der Waals surface area contributed by atoms with Crippen molar-refractivity contribution >= 4 is 38.2 Å². The molecule has 2 aromatic heterocycles. The summed E-state index contributed by atoms with van der Waals surface area (Å²) in [5.41, 5.74) is 2.38. The molecule has 8 heteroatoms. The zero-order valence-corrected chi connectivity index (χ0v) is 14.3. The quantitative estimate of drug-likeness (QED) is 0.518. The number of fused-ring (bicyclic) bond motifs is 2. The lowest BCUT2D eigenvalue weighted by Crippen LogP contribution is -2.12. The molecule has 0 amide bonds. The minimum atomic E-state index is -3.73. The standard InChI is InChI=1S/C17H10N4O2S2/c22-25(23)15-10-14(11-6-2-1-3-7-11)24-16(15)17(19-25)21-13-9-5-4-8-12(13)18-20-21/h1-10H. The van der Waals surface area contributed by atoms with E-state index < -0.39 is 10.0 Å². The Morgan fingerprint density at radius 3 is 2.56 bits per heavy atom. The molecule has 0 saturated carbocycles. The normalized spacial score (nSPS) is 15.3. The number of aromatic nitrogens is 3. The summed E-state index contributed by atoms with van der Waals surface area (Å²) in [5.74, 6) is 0.302. The van der Waals surface area contributed by atoms with E-state index in [-0.39, 0.29) is 4.90 Å². The molecular formula is C17H10N4O2S2. The van der Waals surface area contributed by atoms with Gasteiger partial charge in [0.15, 0.2) is 5.84 Å². The molecule has 1 aliphatic heterocycles. The molecule has 0 bridgehead atoms. The summed E-state index contributed by atoms with van der Waals surface area (Å²) in [7, 11) is -3.73. The van der Waals surface area contributed by atoms with Gasteiger partial charge >= 0.3 is 0 Å². The molecule has 2 aromatic carbocycles. The van der Waals surface area contributed by atoms with Crippen LogP contribution in [0.15, 0.2) is 70.0 Å². The fourth-order valence-corrected chi connectivity index (χ4v) is 5.52. The highest BCUT2D eigenvalue weighted by Crippen LogP contribution is 2.39. The van der Waals surface area contributed by atoms with Crippen molar-refractivity contribution in [3.05, 3.63) is 65.5 Å². The summed E-state index contributed by atoms with van der Waals surface area (Å²) in [6.45, 7) is 0. The molecule has 122 valence electrons. The summed E-state index contributed by atoms with van der Waals surface area (Å²) in [6.07, 6.45) is 0. The van der Waals surface area contributed by atoms with Crippen LogP contribution < -0.4 is 0 Å². The Labute approximate surface area is 147 Å². The monoisotopic (exact) mass is 366 g/mol. The third-order valence-corrected chi connectivity index (χ3v) is 6.60. The van der Waals surface area contributed by atoms with Crippen LogP contribution in [0.3, 0.4) is 0 Å². The topological polar surface area (TPSA) is 77.2 Å². The largest absolute Gasteiger partial charge is 0.285 e. The lowest BCUT2D eigenvalue weighted by atomic mass is 10.2. The maximum atomic E-state index is 12.5. The summed E-state index contributed by atoms with van der Waals surface area (Å²) >= 11 is 1.39. The lowest BCUT2D eigenvalue weighted by Gasteiger charge is -2.00. The molecule has 0 saturated heterocycles. The first-order valence-corrected chi connectivity index (χ1v) is 9.74. The minimum Gasteiger partial charge on any atom is -0.199 e. The first-order valence-electron chi connectivity index (χ1n) is 7.49. The van der Waals surface area contributed by atoms with E-state index in [0.29, 0.717) is 16.2 Å². The van der Waals surface area contributed by atoms with E-state index in [9.17, 15) is 8.42 Å².